The van der Waals surface area contributed by atoms with Crippen LogP contribution in [0.25, 0.3) is 0 Å². The summed E-state index contributed by atoms with van der Waals surface area (Å²) in [5.74, 6) is -2.09. The van der Waals surface area contributed by atoms with Gasteiger partial charge in [0.15, 0.2) is 11.6 Å². The molecule has 1 heterocycles. The molecular weight excluding hydrogens is 350 g/mol. The summed E-state index contributed by atoms with van der Waals surface area (Å²) in [5, 5.41) is 37.2. The number of aromatic nitrogens is 3. The Bertz CT molecular complexity index is 433. The van der Waals surface area contributed by atoms with Gasteiger partial charge in [0.2, 0.25) is 14.9 Å². The number of anilines is 1. The standard InChI is InChI=1S/C5H4Cl4N6O4/c6-4(7,14(16)17)1-11-2(13-3(10)12-1)5(8,9)15(18)19/h16,18H,(H2,10,11,12,13)/q-2. The van der Waals surface area contributed by atoms with Gasteiger partial charge in [-0.05, 0) is 0 Å². The lowest BCUT2D eigenvalue weighted by Crippen LogP contribution is -2.36. The summed E-state index contributed by atoms with van der Waals surface area (Å²) < 4.78 is -5.31. The average Bonchev–Trinajstić information content (AvgIpc) is 2.27. The van der Waals surface area contributed by atoms with Gasteiger partial charge < -0.3 is 26.6 Å². The number of hydrogen-bond acceptors (Lipinski definition) is 10. The van der Waals surface area contributed by atoms with E-state index in [1.54, 1.807) is 0 Å². The zero-order valence-corrected chi connectivity index (χ0v) is 11.6. The molecule has 0 aliphatic carbocycles. The fraction of sp³-hybridized carbons (Fsp3) is 0.400. The van der Waals surface area contributed by atoms with Crippen molar-refractivity contribution in [2.45, 2.75) is 8.91 Å². The predicted octanol–water partition coefficient (Wildman–Crippen LogP) is 1.01. The highest BCUT2D eigenvalue weighted by atomic mass is 35.5. The molecule has 0 aliphatic heterocycles. The van der Waals surface area contributed by atoms with Crippen molar-refractivity contribution in [2.24, 2.45) is 0 Å². The Morgan fingerprint density at radius 3 is 1.47 bits per heavy atom. The molecule has 0 unspecified atom stereocenters. The molecule has 0 atom stereocenters. The molecule has 10 nitrogen and oxygen atoms in total. The molecule has 0 spiro atoms. The van der Waals surface area contributed by atoms with Crippen LogP contribution >= 0.6 is 46.4 Å². The third kappa shape index (κ3) is 3.44. The second kappa shape index (κ2) is 5.61. The summed E-state index contributed by atoms with van der Waals surface area (Å²) in [6.07, 6.45) is 0. The number of rotatable bonds is 4. The fourth-order valence-electron chi connectivity index (χ4n) is 0.832. The predicted molar refractivity (Wildman–Crippen MR) is 65.0 cm³/mol. The van der Waals surface area contributed by atoms with Crippen molar-refractivity contribution in [1.82, 2.24) is 25.4 Å². The first-order chi connectivity index (χ1) is 8.49. The minimum atomic E-state index is -2.65. The molecule has 0 aromatic carbocycles. The first-order valence-corrected chi connectivity index (χ1v) is 5.61. The van der Waals surface area contributed by atoms with E-state index >= 15 is 0 Å². The second-order valence-corrected chi connectivity index (χ2v) is 5.54. The van der Waals surface area contributed by atoms with E-state index < -0.39 is 37.0 Å². The van der Waals surface area contributed by atoms with Crippen LogP contribution in [-0.4, -0.2) is 35.8 Å². The van der Waals surface area contributed by atoms with Gasteiger partial charge in [-0.1, -0.05) is 46.4 Å². The zero-order chi connectivity index (χ0) is 15.0. The Hall–Kier alpha value is -0.270. The summed E-state index contributed by atoms with van der Waals surface area (Å²) >= 11 is 21.8. The van der Waals surface area contributed by atoms with Gasteiger partial charge in [0.1, 0.15) is 0 Å². The summed E-state index contributed by atoms with van der Waals surface area (Å²) in [4.78, 5) is 10.1. The molecular formula is C5H4Cl4N6O4-2. The maximum atomic E-state index is 10.8. The van der Waals surface area contributed by atoms with Gasteiger partial charge in [-0.2, -0.15) is 9.97 Å². The summed E-state index contributed by atoms with van der Waals surface area (Å²) in [6, 6.07) is 0. The van der Waals surface area contributed by atoms with Crippen molar-refractivity contribution < 1.29 is 10.4 Å². The SMILES string of the molecule is Nc1nc(C(Cl)(Cl)N([O-])O)nc(C(Cl)(Cl)N([O-])O)n1. The van der Waals surface area contributed by atoms with Crippen molar-refractivity contribution in [2.75, 3.05) is 5.73 Å². The lowest BCUT2D eigenvalue weighted by molar-refractivity contribution is -0.0761. The van der Waals surface area contributed by atoms with Crippen LogP contribution in [0.5, 0.6) is 0 Å². The number of hydroxylamine groups is 4. The second-order valence-electron chi connectivity index (χ2n) is 2.97. The molecule has 14 heteroatoms. The molecule has 0 saturated heterocycles. The highest BCUT2D eigenvalue weighted by Crippen LogP contribution is 2.37. The van der Waals surface area contributed by atoms with Crippen molar-refractivity contribution in [1.29, 1.82) is 0 Å². The van der Waals surface area contributed by atoms with Crippen molar-refractivity contribution in [3.63, 3.8) is 0 Å². The number of alkyl halides is 4. The van der Waals surface area contributed by atoms with Gasteiger partial charge in [-0.15, -0.1) is 0 Å². The molecule has 0 fully saturated rings. The van der Waals surface area contributed by atoms with E-state index in [-0.39, 0.29) is 0 Å². The fourth-order valence-corrected chi connectivity index (χ4v) is 1.17. The highest BCUT2D eigenvalue weighted by molar-refractivity contribution is 6.48. The van der Waals surface area contributed by atoms with E-state index in [0.717, 1.165) is 0 Å². The highest BCUT2D eigenvalue weighted by Gasteiger charge is 2.38. The Labute approximate surface area is 125 Å². The number of halogens is 4. The lowest BCUT2D eigenvalue weighted by Gasteiger charge is -2.34. The number of nitrogen functional groups attached to an aromatic ring is 1. The van der Waals surface area contributed by atoms with Gasteiger partial charge in [0.25, 0.3) is 0 Å². The smallest absolute Gasteiger partial charge is 0.241 e. The molecule has 4 N–H and O–H groups in total. The van der Waals surface area contributed by atoms with E-state index in [9.17, 15) is 10.4 Å². The van der Waals surface area contributed by atoms with Gasteiger partial charge in [-0.25, -0.2) is 15.4 Å². The van der Waals surface area contributed by atoms with Gasteiger partial charge in [0.05, 0.1) is 0 Å². The largest absolute Gasteiger partial charge is 0.760 e. The van der Waals surface area contributed by atoms with Crippen LogP contribution in [0.1, 0.15) is 11.6 Å². The zero-order valence-electron chi connectivity index (χ0n) is 8.54. The molecule has 1 aromatic rings. The molecule has 0 amide bonds. The third-order valence-electron chi connectivity index (χ3n) is 1.67. The summed E-state index contributed by atoms with van der Waals surface area (Å²) in [7, 11) is 0. The van der Waals surface area contributed by atoms with Gasteiger partial charge in [-0.3, -0.25) is 0 Å². The molecule has 0 saturated carbocycles. The number of nitrogens with two attached hydrogens (primary N) is 1. The molecule has 0 radical (unpaired) electrons. The molecule has 1 rings (SSSR count). The molecule has 1 aromatic heterocycles. The molecule has 19 heavy (non-hydrogen) atoms. The van der Waals surface area contributed by atoms with Gasteiger partial charge >= 0.3 is 0 Å². The monoisotopic (exact) mass is 352 g/mol. The van der Waals surface area contributed by atoms with Crippen LogP contribution in [0.4, 0.5) is 5.95 Å². The minimum absolute atomic E-state index is 0.569. The Kier molecular flexibility index (Phi) is 4.96. The van der Waals surface area contributed by atoms with Crippen LogP contribution in [-0.2, 0) is 8.91 Å². The first kappa shape index (κ1) is 16.8. The van der Waals surface area contributed by atoms with Crippen molar-refractivity contribution in [3.05, 3.63) is 22.1 Å². The maximum Gasteiger partial charge on any atom is 0.241 e. The van der Waals surface area contributed by atoms with Crippen LogP contribution in [0, 0.1) is 10.4 Å². The van der Waals surface area contributed by atoms with Crippen LogP contribution < -0.4 is 5.73 Å². The summed E-state index contributed by atoms with van der Waals surface area (Å²) in [5.41, 5.74) is 5.25. The van der Waals surface area contributed by atoms with E-state index in [4.69, 9.17) is 62.6 Å². The normalized spacial score (nSPS) is 13.4. The van der Waals surface area contributed by atoms with Gasteiger partial charge in [0, 0.05) is 0 Å². The maximum absolute atomic E-state index is 10.8. The lowest BCUT2D eigenvalue weighted by atomic mass is 10.5. The molecule has 0 bridgehead atoms. The van der Waals surface area contributed by atoms with E-state index in [0.29, 0.717) is 0 Å². The minimum Gasteiger partial charge on any atom is -0.760 e. The Morgan fingerprint density at radius 2 is 1.21 bits per heavy atom. The Balaban J connectivity index is 3.37. The number of hydrogen-bond donors (Lipinski definition) is 3. The van der Waals surface area contributed by atoms with E-state index in [2.05, 4.69) is 15.0 Å². The topological polar surface area (TPSA) is 158 Å². The van der Waals surface area contributed by atoms with E-state index in [1.807, 2.05) is 0 Å². The summed E-state index contributed by atoms with van der Waals surface area (Å²) in [6.45, 7) is 0. The first-order valence-electron chi connectivity index (χ1n) is 4.10. The average molecular weight is 354 g/mol. The molecule has 0 aliphatic rings. The number of nitrogens with zero attached hydrogens (tertiary/aromatic N) is 5. The Morgan fingerprint density at radius 1 is 0.895 bits per heavy atom. The molecule has 108 valence electrons. The van der Waals surface area contributed by atoms with Crippen LogP contribution in [0.2, 0.25) is 0 Å². The van der Waals surface area contributed by atoms with E-state index in [1.165, 1.54) is 0 Å². The van der Waals surface area contributed by atoms with Crippen LogP contribution in [0.3, 0.4) is 0 Å². The third-order valence-corrected chi connectivity index (χ3v) is 2.93. The quantitative estimate of drug-likeness (QED) is 0.405. The van der Waals surface area contributed by atoms with Crippen LogP contribution in [0.15, 0.2) is 0 Å². The van der Waals surface area contributed by atoms with Crippen molar-refractivity contribution >= 4 is 52.4 Å². The van der Waals surface area contributed by atoms with Crippen molar-refractivity contribution in [3.8, 4) is 0 Å².